The molecule has 0 spiro atoms. The second-order valence-electron chi connectivity index (χ2n) is 7.95. The molecule has 3 aromatic carbocycles. The number of carbonyl (C=O) groups is 2. The van der Waals surface area contributed by atoms with E-state index in [1.165, 1.54) is 4.90 Å². The van der Waals surface area contributed by atoms with Gasteiger partial charge in [-0.1, -0.05) is 30.3 Å². The van der Waals surface area contributed by atoms with Gasteiger partial charge in [0.25, 0.3) is 11.8 Å². The van der Waals surface area contributed by atoms with Gasteiger partial charge in [-0.05, 0) is 43.7 Å². The van der Waals surface area contributed by atoms with E-state index in [1.54, 1.807) is 68.8 Å². The first-order chi connectivity index (χ1) is 16.4. The molecule has 7 heteroatoms. The summed E-state index contributed by atoms with van der Waals surface area (Å²) in [5, 5.41) is 3.14. The zero-order valence-corrected chi connectivity index (χ0v) is 19.5. The van der Waals surface area contributed by atoms with Gasteiger partial charge in [0.15, 0.2) is 0 Å². The highest BCUT2D eigenvalue weighted by molar-refractivity contribution is 6.46. The minimum absolute atomic E-state index is 0.0166. The summed E-state index contributed by atoms with van der Waals surface area (Å²) in [4.78, 5) is 28.3. The Hall–Kier alpha value is -4.26. The van der Waals surface area contributed by atoms with Gasteiger partial charge < -0.3 is 19.5 Å². The van der Waals surface area contributed by atoms with Gasteiger partial charge in [-0.25, -0.2) is 4.90 Å². The maximum Gasteiger partial charge on any atom is 0.282 e. The summed E-state index contributed by atoms with van der Waals surface area (Å²) in [6.45, 7) is 3.87. The largest absolute Gasteiger partial charge is 0.497 e. The van der Waals surface area contributed by atoms with Crippen LogP contribution in [0.15, 0.2) is 78.5 Å². The quantitative estimate of drug-likeness (QED) is 0.485. The first-order valence-electron chi connectivity index (χ1n) is 10.9. The molecule has 0 bridgehead atoms. The van der Waals surface area contributed by atoms with E-state index in [4.69, 9.17) is 14.2 Å². The van der Waals surface area contributed by atoms with Crippen LogP contribution in [0.4, 0.5) is 11.4 Å². The number of carbonyl (C=O) groups excluding carboxylic acids is 2. The molecular formula is C27H26N2O5. The number of amides is 2. The van der Waals surface area contributed by atoms with E-state index in [0.29, 0.717) is 34.2 Å². The molecule has 7 nitrogen and oxygen atoms in total. The molecule has 1 aliphatic rings. The summed E-state index contributed by atoms with van der Waals surface area (Å²) >= 11 is 0. The number of hydrogen-bond acceptors (Lipinski definition) is 6. The van der Waals surface area contributed by atoms with Gasteiger partial charge in [-0.15, -0.1) is 0 Å². The second kappa shape index (κ2) is 9.70. The van der Waals surface area contributed by atoms with Crippen molar-refractivity contribution in [1.82, 2.24) is 0 Å². The molecule has 174 valence electrons. The number of hydrogen-bond donors (Lipinski definition) is 1. The van der Waals surface area contributed by atoms with Crippen molar-refractivity contribution in [2.75, 3.05) is 24.4 Å². The van der Waals surface area contributed by atoms with Gasteiger partial charge in [-0.3, -0.25) is 9.59 Å². The van der Waals surface area contributed by atoms with E-state index in [1.807, 2.05) is 32.0 Å². The summed E-state index contributed by atoms with van der Waals surface area (Å²) in [7, 11) is 3.09. The number of nitrogens with zero attached hydrogens (tertiary/aromatic N) is 1. The lowest BCUT2D eigenvalue weighted by Gasteiger charge is -2.17. The molecule has 0 saturated carbocycles. The Labute approximate surface area is 198 Å². The monoisotopic (exact) mass is 458 g/mol. The number of ether oxygens (including phenoxy) is 3. The minimum atomic E-state index is -0.455. The highest BCUT2D eigenvalue weighted by Gasteiger charge is 2.40. The SMILES string of the molecule is COc1cc(NC2=C(c3ccccc3)C(=O)N(c3ccc(OC(C)C)cc3)C2=O)cc(OC)c1. The fourth-order valence-electron chi connectivity index (χ4n) is 3.72. The molecule has 1 N–H and O–H groups in total. The highest BCUT2D eigenvalue weighted by Crippen LogP contribution is 2.35. The van der Waals surface area contributed by atoms with Crippen molar-refractivity contribution in [3.8, 4) is 17.2 Å². The molecule has 2 amide bonds. The van der Waals surface area contributed by atoms with Crippen molar-refractivity contribution in [2.24, 2.45) is 0 Å². The Morgan fingerprint density at radius 2 is 1.38 bits per heavy atom. The molecule has 0 aromatic heterocycles. The van der Waals surface area contributed by atoms with Gasteiger partial charge in [0, 0.05) is 23.9 Å². The lowest BCUT2D eigenvalue weighted by Crippen LogP contribution is -2.32. The van der Waals surface area contributed by atoms with Gasteiger partial charge in [0.05, 0.1) is 31.6 Å². The molecule has 0 saturated heterocycles. The molecule has 1 aliphatic heterocycles. The maximum absolute atomic E-state index is 13.6. The van der Waals surface area contributed by atoms with Gasteiger partial charge in [-0.2, -0.15) is 0 Å². The molecule has 0 fully saturated rings. The van der Waals surface area contributed by atoms with E-state index >= 15 is 0 Å². The summed E-state index contributed by atoms with van der Waals surface area (Å²) in [5.41, 5.74) is 2.12. The number of methoxy groups -OCH3 is 2. The van der Waals surface area contributed by atoms with Crippen molar-refractivity contribution < 1.29 is 23.8 Å². The number of imide groups is 1. The minimum Gasteiger partial charge on any atom is -0.497 e. The maximum atomic E-state index is 13.6. The van der Waals surface area contributed by atoms with Crippen LogP contribution in [0.1, 0.15) is 19.4 Å². The normalized spacial score (nSPS) is 13.5. The number of nitrogens with one attached hydrogen (secondary N) is 1. The van der Waals surface area contributed by atoms with Gasteiger partial charge in [0.2, 0.25) is 0 Å². The molecule has 0 unspecified atom stereocenters. The average molecular weight is 459 g/mol. The van der Waals surface area contributed by atoms with Crippen LogP contribution in [0.5, 0.6) is 17.2 Å². The van der Waals surface area contributed by atoms with E-state index in [9.17, 15) is 9.59 Å². The topological polar surface area (TPSA) is 77.1 Å². The Morgan fingerprint density at radius 3 is 1.94 bits per heavy atom. The first kappa shape index (κ1) is 22.9. The molecule has 3 aromatic rings. The Bertz CT molecular complexity index is 1210. The van der Waals surface area contributed by atoms with Crippen molar-refractivity contribution in [1.29, 1.82) is 0 Å². The summed E-state index contributed by atoms with van der Waals surface area (Å²) < 4.78 is 16.4. The van der Waals surface area contributed by atoms with Crippen LogP contribution in [-0.2, 0) is 9.59 Å². The third-order valence-electron chi connectivity index (χ3n) is 5.23. The molecule has 0 aliphatic carbocycles. The first-order valence-corrected chi connectivity index (χ1v) is 10.9. The Kier molecular flexibility index (Phi) is 6.54. The zero-order chi connectivity index (χ0) is 24.2. The molecule has 34 heavy (non-hydrogen) atoms. The van der Waals surface area contributed by atoms with Crippen molar-refractivity contribution in [2.45, 2.75) is 20.0 Å². The fourth-order valence-corrected chi connectivity index (χ4v) is 3.72. The smallest absolute Gasteiger partial charge is 0.282 e. The third kappa shape index (κ3) is 4.59. The predicted octanol–water partition coefficient (Wildman–Crippen LogP) is 4.89. The average Bonchev–Trinajstić information content (AvgIpc) is 3.08. The summed E-state index contributed by atoms with van der Waals surface area (Å²) in [6, 6.07) is 21.2. The summed E-state index contributed by atoms with van der Waals surface area (Å²) in [5.74, 6) is 0.904. The predicted molar refractivity (Wildman–Crippen MR) is 131 cm³/mol. The van der Waals surface area contributed by atoms with Crippen LogP contribution in [-0.4, -0.2) is 32.1 Å². The van der Waals surface area contributed by atoms with E-state index in [2.05, 4.69) is 5.32 Å². The third-order valence-corrected chi connectivity index (χ3v) is 5.23. The van der Waals surface area contributed by atoms with Crippen LogP contribution in [0.3, 0.4) is 0 Å². The van der Waals surface area contributed by atoms with Crippen molar-refractivity contribution in [3.63, 3.8) is 0 Å². The van der Waals surface area contributed by atoms with Crippen LogP contribution in [0, 0.1) is 0 Å². The number of benzene rings is 3. The lowest BCUT2D eigenvalue weighted by molar-refractivity contribution is -0.120. The number of rotatable bonds is 8. The highest BCUT2D eigenvalue weighted by atomic mass is 16.5. The van der Waals surface area contributed by atoms with E-state index < -0.39 is 11.8 Å². The Balaban J connectivity index is 1.75. The van der Waals surface area contributed by atoms with Gasteiger partial charge in [0.1, 0.15) is 22.9 Å². The number of anilines is 2. The molecule has 0 atom stereocenters. The lowest BCUT2D eigenvalue weighted by atomic mass is 10.0. The van der Waals surface area contributed by atoms with Crippen LogP contribution >= 0.6 is 0 Å². The Morgan fingerprint density at radius 1 is 0.765 bits per heavy atom. The molecule has 1 heterocycles. The van der Waals surface area contributed by atoms with Crippen LogP contribution in [0.25, 0.3) is 5.57 Å². The van der Waals surface area contributed by atoms with Crippen LogP contribution < -0.4 is 24.4 Å². The van der Waals surface area contributed by atoms with Crippen molar-refractivity contribution >= 4 is 28.8 Å². The van der Waals surface area contributed by atoms with E-state index in [-0.39, 0.29) is 17.4 Å². The van der Waals surface area contributed by atoms with Crippen molar-refractivity contribution in [3.05, 3.63) is 84.1 Å². The standard InChI is InChI=1S/C27H26N2O5/c1-17(2)34-21-12-10-20(11-13-21)29-26(30)24(18-8-6-5-7-9-18)25(27(29)31)28-19-14-22(32-3)16-23(15-19)33-4/h5-17,28H,1-4H3. The fraction of sp³-hybridized carbons (Fsp3) is 0.185. The van der Waals surface area contributed by atoms with Crippen LogP contribution in [0.2, 0.25) is 0 Å². The molecular weight excluding hydrogens is 432 g/mol. The van der Waals surface area contributed by atoms with Gasteiger partial charge >= 0.3 is 0 Å². The molecule has 0 radical (unpaired) electrons. The molecule has 4 rings (SSSR count). The van der Waals surface area contributed by atoms with E-state index in [0.717, 1.165) is 0 Å². The second-order valence-corrected chi connectivity index (χ2v) is 7.95. The summed E-state index contributed by atoms with van der Waals surface area (Å²) in [6.07, 6.45) is 0.0166. The zero-order valence-electron chi connectivity index (χ0n) is 19.5.